The van der Waals surface area contributed by atoms with Crippen LogP contribution in [0.2, 0.25) is 0 Å². The first-order valence-electron chi connectivity index (χ1n) is 7.03. The van der Waals surface area contributed by atoms with Gasteiger partial charge in [0.05, 0.1) is 16.2 Å². The van der Waals surface area contributed by atoms with Gasteiger partial charge in [0.25, 0.3) is 0 Å². The van der Waals surface area contributed by atoms with Crippen LogP contribution in [0.5, 0.6) is 0 Å². The first-order chi connectivity index (χ1) is 8.54. The maximum absolute atomic E-state index is 5.67. The van der Waals surface area contributed by atoms with Gasteiger partial charge in [0.15, 0.2) is 0 Å². The highest BCUT2D eigenvalue weighted by Crippen LogP contribution is 2.34. The highest BCUT2D eigenvalue weighted by atomic mass is 32.1. The number of nitrogens with one attached hydrogen (secondary N) is 2. The van der Waals surface area contributed by atoms with Crippen molar-refractivity contribution in [2.75, 3.05) is 40.3 Å². The van der Waals surface area contributed by atoms with Crippen molar-refractivity contribution in [2.24, 2.45) is 0 Å². The van der Waals surface area contributed by atoms with E-state index in [0.717, 1.165) is 56.9 Å². The molecular formula is C13H24N4S. The quantitative estimate of drug-likeness (QED) is 0.621. The van der Waals surface area contributed by atoms with Gasteiger partial charge >= 0.3 is 0 Å². The lowest BCUT2D eigenvalue weighted by Crippen LogP contribution is -2.60. The van der Waals surface area contributed by atoms with E-state index >= 15 is 0 Å². The first kappa shape index (κ1) is 12.8. The highest BCUT2D eigenvalue weighted by Gasteiger charge is 2.52. The molecule has 4 nitrogen and oxygen atoms in total. The Morgan fingerprint density at radius 3 is 2.00 bits per heavy atom. The average Bonchev–Trinajstić information content (AvgIpc) is 2.61. The van der Waals surface area contributed by atoms with Crippen LogP contribution in [0.25, 0.3) is 0 Å². The van der Waals surface area contributed by atoms with E-state index in [2.05, 4.69) is 34.5 Å². The Balaban J connectivity index is 1.74. The van der Waals surface area contributed by atoms with E-state index in [9.17, 15) is 0 Å². The molecule has 3 saturated heterocycles. The van der Waals surface area contributed by atoms with Gasteiger partial charge in [-0.25, -0.2) is 0 Å². The van der Waals surface area contributed by atoms with Crippen LogP contribution < -0.4 is 10.6 Å². The summed E-state index contributed by atoms with van der Waals surface area (Å²) in [7, 11) is 4.40. The molecule has 0 radical (unpaired) electrons. The number of hydrogen-bond donors (Lipinski definition) is 2. The van der Waals surface area contributed by atoms with Crippen molar-refractivity contribution in [3.8, 4) is 0 Å². The zero-order chi connectivity index (χ0) is 12.8. The van der Waals surface area contributed by atoms with Crippen molar-refractivity contribution in [1.82, 2.24) is 20.4 Å². The fourth-order valence-electron chi connectivity index (χ4n) is 3.49. The van der Waals surface area contributed by atoms with Crippen LogP contribution in [-0.4, -0.2) is 66.3 Å². The van der Waals surface area contributed by atoms with Crippen molar-refractivity contribution in [1.29, 1.82) is 0 Å². The van der Waals surface area contributed by atoms with E-state index in [1.54, 1.807) is 0 Å². The van der Waals surface area contributed by atoms with Crippen molar-refractivity contribution in [3.63, 3.8) is 0 Å². The van der Waals surface area contributed by atoms with E-state index in [-0.39, 0.29) is 11.2 Å². The van der Waals surface area contributed by atoms with Crippen LogP contribution in [0.15, 0.2) is 0 Å². The summed E-state index contributed by atoms with van der Waals surface area (Å²) in [5, 5.41) is 7.55. The third-order valence-electron chi connectivity index (χ3n) is 4.95. The molecule has 3 heterocycles. The van der Waals surface area contributed by atoms with Gasteiger partial charge in [-0.3, -0.25) is 5.32 Å². The van der Waals surface area contributed by atoms with Crippen molar-refractivity contribution in [2.45, 2.75) is 36.9 Å². The molecule has 0 atom stereocenters. The maximum Gasteiger partial charge on any atom is 0.0973 e. The van der Waals surface area contributed by atoms with Crippen LogP contribution >= 0.6 is 12.2 Å². The lowest BCUT2D eigenvalue weighted by atomic mass is 9.87. The minimum Gasteiger partial charge on any atom is -0.360 e. The predicted molar refractivity (Wildman–Crippen MR) is 77.8 cm³/mol. The van der Waals surface area contributed by atoms with Gasteiger partial charge in [0.2, 0.25) is 0 Å². The Morgan fingerprint density at radius 1 is 0.944 bits per heavy atom. The first-order valence-corrected chi connectivity index (χ1v) is 7.44. The second-order valence-corrected chi connectivity index (χ2v) is 6.76. The molecule has 0 aliphatic carbocycles. The van der Waals surface area contributed by atoms with Crippen molar-refractivity contribution < 1.29 is 0 Å². The second-order valence-electron chi connectivity index (χ2n) is 6.35. The summed E-state index contributed by atoms with van der Waals surface area (Å²) in [5.74, 6) is 0. The summed E-state index contributed by atoms with van der Waals surface area (Å²) in [6.45, 7) is 4.59. The molecule has 0 aromatic heterocycles. The third kappa shape index (κ3) is 2.07. The summed E-state index contributed by atoms with van der Waals surface area (Å²) in [5.41, 5.74) is 0.164. The molecule has 2 spiro atoms. The minimum atomic E-state index is 0.0811. The number of thiocarbonyl (C=S) groups is 1. The van der Waals surface area contributed by atoms with Crippen LogP contribution in [0.3, 0.4) is 0 Å². The van der Waals surface area contributed by atoms with Gasteiger partial charge in [-0.15, -0.1) is 0 Å². The van der Waals surface area contributed by atoms with Crippen LogP contribution in [-0.2, 0) is 0 Å². The van der Waals surface area contributed by atoms with Crippen LogP contribution in [0.1, 0.15) is 25.7 Å². The average molecular weight is 268 g/mol. The molecule has 0 aromatic rings. The van der Waals surface area contributed by atoms with Crippen LogP contribution in [0, 0.1) is 0 Å². The zero-order valence-corrected chi connectivity index (χ0v) is 12.3. The number of nitrogens with zero attached hydrogens (tertiary/aromatic N) is 2. The van der Waals surface area contributed by atoms with E-state index in [4.69, 9.17) is 12.2 Å². The van der Waals surface area contributed by atoms with Crippen LogP contribution in [0.4, 0.5) is 0 Å². The molecule has 3 fully saturated rings. The molecule has 3 rings (SSSR count). The fourth-order valence-corrected chi connectivity index (χ4v) is 3.94. The molecule has 0 saturated carbocycles. The monoisotopic (exact) mass is 268 g/mol. The van der Waals surface area contributed by atoms with Gasteiger partial charge < -0.3 is 15.1 Å². The van der Waals surface area contributed by atoms with E-state index < -0.39 is 0 Å². The molecule has 5 heteroatoms. The highest BCUT2D eigenvalue weighted by molar-refractivity contribution is 7.80. The standard InChI is InChI=1S/C13H24N4S/c1-16-7-3-12(4-8-16)11(18)14-13(15-12)5-9-17(2)10-6-13/h15H,3-10H2,1-2H3,(H,14,18). The number of likely N-dealkylation sites (tertiary alicyclic amines) is 2. The smallest absolute Gasteiger partial charge is 0.0973 e. The van der Waals surface area contributed by atoms with Gasteiger partial charge in [-0.1, -0.05) is 12.2 Å². The molecule has 0 amide bonds. The summed E-state index contributed by atoms with van der Waals surface area (Å²) < 4.78 is 0. The van der Waals surface area contributed by atoms with Gasteiger partial charge in [-0.05, 0) is 39.8 Å². The molecule has 3 aliphatic heterocycles. The Labute approximate surface area is 115 Å². The summed E-state index contributed by atoms with van der Waals surface area (Å²) >= 11 is 5.67. The lowest BCUT2D eigenvalue weighted by molar-refractivity contribution is 0.122. The van der Waals surface area contributed by atoms with E-state index in [0.29, 0.717) is 0 Å². The SMILES string of the molecule is CN1CCC2(CC1)NC(=S)C1(CCN(C)CC1)N2. The topological polar surface area (TPSA) is 30.5 Å². The second kappa shape index (κ2) is 4.40. The molecule has 0 aromatic carbocycles. The largest absolute Gasteiger partial charge is 0.360 e. The van der Waals surface area contributed by atoms with Gasteiger partial charge in [0, 0.05) is 26.2 Å². The summed E-state index contributed by atoms with van der Waals surface area (Å²) in [4.78, 5) is 5.87. The molecule has 102 valence electrons. The Bertz CT molecular complexity index is 341. The molecule has 2 N–H and O–H groups in total. The third-order valence-corrected chi connectivity index (χ3v) is 5.44. The Kier molecular flexibility index (Phi) is 3.13. The van der Waals surface area contributed by atoms with Gasteiger partial charge in [0.1, 0.15) is 0 Å². The zero-order valence-electron chi connectivity index (χ0n) is 11.5. The van der Waals surface area contributed by atoms with Crippen molar-refractivity contribution >= 4 is 17.2 Å². The number of hydrogen-bond acceptors (Lipinski definition) is 4. The van der Waals surface area contributed by atoms with E-state index in [1.165, 1.54) is 0 Å². The molecule has 0 unspecified atom stereocenters. The number of piperidine rings is 2. The lowest BCUT2D eigenvalue weighted by Gasteiger charge is -2.42. The minimum absolute atomic E-state index is 0.0811. The summed E-state index contributed by atoms with van der Waals surface area (Å²) in [6, 6.07) is 0. The Hall–Kier alpha value is -0.230. The molecular weight excluding hydrogens is 244 g/mol. The predicted octanol–water partition coefficient (Wildman–Crippen LogP) is 0.393. The maximum atomic E-state index is 5.67. The fraction of sp³-hybridized carbons (Fsp3) is 0.923. The molecule has 0 bridgehead atoms. The Morgan fingerprint density at radius 2 is 1.44 bits per heavy atom. The van der Waals surface area contributed by atoms with Gasteiger partial charge in [-0.2, -0.15) is 0 Å². The van der Waals surface area contributed by atoms with Crippen molar-refractivity contribution in [3.05, 3.63) is 0 Å². The number of rotatable bonds is 0. The summed E-state index contributed by atoms with van der Waals surface area (Å²) in [6.07, 6.45) is 4.60. The normalized spacial score (nSPS) is 32.0. The van der Waals surface area contributed by atoms with E-state index in [1.807, 2.05) is 0 Å². The molecule has 3 aliphatic rings. The molecule has 18 heavy (non-hydrogen) atoms.